The van der Waals surface area contributed by atoms with Gasteiger partial charge in [-0.1, -0.05) is 0 Å². The molecule has 2 aliphatic rings. The molecule has 1 aromatic rings. The number of fused-ring (bicyclic) bond motifs is 1. The van der Waals surface area contributed by atoms with Gasteiger partial charge in [-0.2, -0.15) is 0 Å². The Labute approximate surface area is 128 Å². The monoisotopic (exact) mass is 307 g/mol. The van der Waals surface area contributed by atoms with Crippen molar-refractivity contribution in [2.24, 2.45) is 5.92 Å². The Balaban J connectivity index is 1.51. The van der Waals surface area contributed by atoms with E-state index in [2.05, 4.69) is 5.32 Å². The molecule has 1 heterocycles. The molecule has 114 valence electrons. The minimum atomic E-state index is -0.358. The number of hydrogen-bond donors (Lipinski definition) is 1. The summed E-state index contributed by atoms with van der Waals surface area (Å²) in [5.74, 6) is 0.0454. The molecule has 0 aromatic carbocycles. The lowest BCUT2D eigenvalue weighted by molar-refractivity contribution is -0.124. The van der Waals surface area contributed by atoms with Gasteiger partial charge in [0.25, 0.3) is 5.91 Å². The lowest BCUT2D eigenvalue weighted by Gasteiger charge is -2.14. The molecule has 1 saturated carbocycles. The number of esters is 1. The predicted octanol–water partition coefficient (Wildman–Crippen LogP) is 2.70. The zero-order chi connectivity index (χ0) is 14.8. The van der Waals surface area contributed by atoms with Gasteiger partial charge in [-0.15, -0.1) is 11.3 Å². The Bertz CT molecular complexity index is 548. The highest BCUT2D eigenvalue weighted by atomic mass is 32.1. The van der Waals surface area contributed by atoms with E-state index in [1.807, 2.05) is 12.3 Å². The first-order valence-electron chi connectivity index (χ1n) is 7.71. The van der Waals surface area contributed by atoms with E-state index in [1.54, 1.807) is 11.3 Å². The number of aryl methyl sites for hydroxylation is 1. The van der Waals surface area contributed by atoms with Gasteiger partial charge in [0, 0.05) is 16.3 Å². The number of nitrogens with one attached hydrogen (secondary N) is 1. The first-order chi connectivity index (χ1) is 10.1. The van der Waals surface area contributed by atoms with E-state index in [0.717, 1.165) is 24.8 Å². The molecular weight excluding hydrogens is 286 g/mol. The highest BCUT2D eigenvalue weighted by Crippen LogP contribution is 2.32. The number of hydrogen-bond acceptors (Lipinski definition) is 4. The van der Waals surface area contributed by atoms with E-state index in [1.165, 1.54) is 24.1 Å². The van der Waals surface area contributed by atoms with Crippen LogP contribution in [0.25, 0.3) is 0 Å². The fourth-order valence-corrected chi connectivity index (χ4v) is 4.00. The largest absolute Gasteiger partial charge is 0.452 e. The maximum absolute atomic E-state index is 12.1. The lowest BCUT2D eigenvalue weighted by Crippen LogP contribution is -2.37. The summed E-state index contributed by atoms with van der Waals surface area (Å²) in [5.41, 5.74) is 1.81. The molecule has 0 spiro atoms. The molecule has 21 heavy (non-hydrogen) atoms. The minimum absolute atomic E-state index is 0.180. The van der Waals surface area contributed by atoms with Gasteiger partial charge in [-0.3, -0.25) is 4.79 Å². The highest BCUT2D eigenvalue weighted by Gasteiger charge is 2.29. The van der Waals surface area contributed by atoms with Crippen LogP contribution in [0.5, 0.6) is 0 Å². The fraction of sp³-hybridized carbons (Fsp3) is 0.625. The average molecular weight is 307 g/mol. The maximum Gasteiger partial charge on any atom is 0.339 e. The van der Waals surface area contributed by atoms with Crippen LogP contribution in [-0.4, -0.2) is 24.5 Å². The van der Waals surface area contributed by atoms with Crippen LogP contribution in [-0.2, 0) is 22.4 Å². The van der Waals surface area contributed by atoms with E-state index in [4.69, 9.17) is 4.74 Å². The van der Waals surface area contributed by atoms with Gasteiger partial charge < -0.3 is 10.1 Å². The van der Waals surface area contributed by atoms with E-state index in [9.17, 15) is 9.59 Å². The van der Waals surface area contributed by atoms with Crippen LogP contribution in [0.3, 0.4) is 0 Å². The molecule has 1 atom stereocenters. The Morgan fingerprint density at radius 1 is 1.38 bits per heavy atom. The molecule has 1 N–H and O–H groups in total. The van der Waals surface area contributed by atoms with E-state index in [-0.39, 0.29) is 24.5 Å². The van der Waals surface area contributed by atoms with Crippen molar-refractivity contribution < 1.29 is 14.3 Å². The molecule has 0 bridgehead atoms. The van der Waals surface area contributed by atoms with Crippen LogP contribution >= 0.6 is 11.3 Å². The molecule has 0 aliphatic heterocycles. The molecule has 2 aliphatic carbocycles. The van der Waals surface area contributed by atoms with Crippen LogP contribution in [0, 0.1) is 5.92 Å². The number of ether oxygens (including phenoxy) is 1. The van der Waals surface area contributed by atoms with Crippen molar-refractivity contribution in [1.29, 1.82) is 0 Å². The van der Waals surface area contributed by atoms with Crippen LogP contribution in [0.2, 0.25) is 0 Å². The number of amides is 1. The number of carbonyl (C=O) groups excluding carboxylic acids is 2. The van der Waals surface area contributed by atoms with Crippen LogP contribution < -0.4 is 5.32 Å². The molecule has 4 nitrogen and oxygen atoms in total. The normalized spacial score (nSPS) is 18.7. The summed E-state index contributed by atoms with van der Waals surface area (Å²) in [7, 11) is 0. The fourth-order valence-electron chi connectivity index (χ4n) is 2.88. The molecular formula is C16H21NO3S. The quantitative estimate of drug-likeness (QED) is 0.851. The van der Waals surface area contributed by atoms with Gasteiger partial charge in [-0.05, 0) is 56.9 Å². The Morgan fingerprint density at radius 3 is 2.90 bits per heavy atom. The molecule has 0 radical (unpaired) electrons. The third-order valence-electron chi connectivity index (χ3n) is 4.33. The lowest BCUT2D eigenvalue weighted by atomic mass is 9.96. The molecule has 3 rings (SSSR count). The first-order valence-corrected chi connectivity index (χ1v) is 8.59. The van der Waals surface area contributed by atoms with E-state index in [0.29, 0.717) is 11.5 Å². The number of rotatable bonds is 5. The standard InChI is InChI=1S/C16H21NO3S/c1-10(11-6-7-11)17-15(18)8-20-16(19)13-9-21-14-5-3-2-4-12(13)14/h9-11H,2-8H2,1H3,(H,17,18)/t10-/m0/s1. The summed E-state index contributed by atoms with van der Waals surface area (Å²) in [4.78, 5) is 25.2. The predicted molar refractivity (Wildman–Crippen MR) is 81.6 cm³/mol. The van der Waals surface area contributed by atoms with Gasteiger partial charge >= 0.3 is 5.97 Å². The maximum atomic E-state index is 12.1. The van der Waals surface area contributed by atoms with Crippen molar-refractivity contribution in [3.63, 3.8) is 0 Å². The zero-order valence-electron chi connectivity index (χ0n) is 12.3. The van der Waals surface area contributed by atoms with Crippen molar-refractivity contribution in [3.05, 3.63) is 21.4 Å². The second-order valence-electron chi connectivity index (χ2n) is 6.03. The van der Waals surface area contributed by atoms with Gasteiger partial charge in [0.15, 0.2) is 6.61 Å². The van der Waals surface area contributed by atoms with Gasteiger partial charge in [-0.25, -0.2) is 4.79 Å². The molecule has 1 amide bonds. The van der Waals surface area contributed by atoms with Crippen LogP contribution in [0.1, 0.15) is 53.4 Å². The third-order valence-corrected chi connectivity index (χ3v) is 5.42. The minimum Gasteiger partial charge on any atom is -0.452 e. The zero-order valence-corrected chi connectivity index (χ0v) is 13.1. The van der Waals surface area contributed by atoms with Crippen molar-refractivity contribution in [1.82, 2.24) is 5.32 Å². The summed E-state index contributed by atoms with van der Waals surface area (Å²) in [5, 5.41) is 4.77. The smallest absolute Gasteiger partial charge is 0.339 e. The summed E-state index contributed by atoms with van der Waals surface area (Å²) in [6, 6.07) is 0.185. The summed E-state index contributed by atoms with van der Waals surface area (Å²) < 4.78 is 5.17. The molecule has 0 saturated heterocycles. The van der Waals surface area contributed by atoms with Crippen molar-refractivity contribution >= 4 is 23.2 Å². The molecule has 1 fully saturated rings. The second kappa shape index (κ2) is 6.18. The summed E-state index contributed by atoms with van der Waals surface area (Å²) in [6.07, 6.45) is 6.71. The summed E-state index contributed by atoms with van der Waals surface area (Å²) in [6.45, 7) is 1.83. The number of thiophene rings is 1. The van der Waals surface area contributed by atoms with E-state index >= 15 is 0 Å². The first kappa shape index (κ1) is 14.6. The van der Waals surface area contributed by atoms with Gasteiger partial charge in [0.2, 0.25) is 0 Å². The van der Waals surface area contributed by atoms with Crippen molar-refractivity contribution in [3.8, 4) is 0 Å². The topological polar surface area (TPSA) is 55.4 Å². The summed E-state index contributed by atoms with van der Waals surface area (Å²) >= 11 is 1.64. The third kappa shape index (κ3) is 3.46. The van der Waals surface area contributed by atoms with Crippen LogP contribution in [0.15, 0.2) is 5.38 Å². The van der Waals surface area contributed by atoms with Crippen LogP contribution in [0.4, 0.5) is 0 Å². The van der Waals surface area contributed by atoms with Crippen molar-refractivity contribution in [2.75, 3.05) is 6.61 Å². The average Bonchev–Trinajstić information content (AvgIpc) is 3.24. The Kier molecular flexibility index (Phi) is 4.29. The molecule has 1 aromatic heterocycles. The second-order valence-corrected chi connectivity index (χ2v) is 6.99. The van der Waals surface area contributed by atoms with Crippen molar-refractivity contribution in [2.45, 2.75) is 51.5 Å². The highest BCUT2D eigenvalue weighted by molar-refractivity contribution is 7.10. The SMILES string of the molecule is C[C@H](NC(=O)COC(=O)c1csc2c1CCCC2)C1CC1. The number of carbonyl (C=O) groups is 2. The van der Waals surface area contributed by atoms with E-state index < -0.39 is 0 Å². The Morgan fingerprint density at radius 2 is 2.14 bits per heavy atom. The molecule has 5 heteroatoms. The van der Waals surface area contributed by atoms with Gasteiger partial charge in [0.1, 0.15) is 0 Å². The molecule has 0 unspecified atom stereocenters. The Hall–Kier alpha value is -1.36. The van der Waals surface area contributed by atoms with Gasteiger partial charge in [0.05, 0.1) is 5.56 Å².